The van der Waals surface area contributed by atoms with E-state index in [9.17, 15) is 9.90 Å². The van der Waals surface area contributed by atoms with Crippen molar-refractivity contribution < 1.29 is 14.6 Å². The van der Waals surface area contributed by atoms with E-state index in [2.05, 4.69) is 4.90 Å². The maximum atomic E-state index is 12.5. The number of likely N-dealkylation sites (tertiary alicyclic amines) is 1. The van der Waals surface area contributed by atoms with Gasteiger partial charge in [0.25, 0.3) is 0 Å². The van der Waals surface area contributed by atoms with Crippen molar-refractivity contribution in [3.63, 3.8) is 0 Å². The van der Waals surface area contributed by atoms with Gasteiger partial charge in [-0.15, -0.1) is 0 Å². The van der Waals surface area contributed by atoms with Gasteiger partial charge in [0.05, 0.1) is 19.1 Å². The average molecular weight is 354 g/mol. The van der Waals surface area contributed by atoms with Gasteiger partial charge < -0.3 is 14.7 Å². The number of Topliss-reactive ketones (excluding diaryl/α,β-unsaturated/α-hetero) is 1. The summed E-state index contributed by atoms with van der Waals surface area (Å²) in [6.07, 6.45) is 5.74. The van der Waals surface area contributed by atoms with Crippen LogP contribution in [0, 0.1) is 0 Å². The van der Waals surface area contributed by atoms with E-state index in [1.54, 1.807) is 7.11 Å². The summed E-state index contributed by atoms with van der Waals surface area (Å²) in [5, 5.41) is 11.1. The first-order valence-corrected chi connectivity index (χ1v) is 9.54. The van der Waals surface area contributed by atoms with Crippen LogP contribution in [-0.2, 0) is 10.4 Å². The molecule has 2 heterocycles. The Kier molecular flexibility index (Phi) is 4.57. The van der Waals surface area contributed by atoms with Gasteiger partial charge in [-0.05, 0) is 56.2 Å². The molecule has 0 spiro atoms. The number of carbonyl (C=O) groups excluding carboxylic acids is 1. The number of hydrogen-bond acceptors (Lipinski definition) is 5. The highest BCUT2D eigenvalue weighted by Crippen LogP contribution is 2.36. The molecule has 5 nitrogen and oxygen atoms in total. The molecule has 0 radical (unpaired) electrons. The van der Waals surface area contributed by atoms with Crippen molar-refractivity contribution in [2.75, 3.05) is 20.2 Å². The number of aliphatic imine (C=N–C) groups is 1. The maximum absolute atomic E-state index is 12.5. The smallest absolute Gasteiger partial charge is 0.168 e. The van der Waals surface area contributed by atoms with Crippen molar-refractivity contribution in [2.24, 2.45) is 4.99 Å². The van der Waals surface area contributed by atoms with Crippen LogP contribution in [0.15, 0.2) is 40.5 Å². The van der Waals surface area contributed by atoms with Crippen molar-refractivity contribution >= 4 is 11.6 Å². The Labute approximate surface area is 154 Å². The molecule has 5 heteroatoms. The van der Waals surface area contributed by atoms with Crippen molar-refractivity contribution in [3.05, 3.63) is 41.1 Å². The molecule has 3 aliphatic rings. The highest BCUT2D eigenvalue weighted by Gasteiger charge is 2.36. The lowest BCUT2D eigenvalue weighted by atomic mass is 9.84. The minimum absolute atomic E-state index is 0.251. The molecule has 0 unspecified atom stereocenters. The lowest BCUT2D eigenvalue weighted by molar-refractivity contribution is -0.115. The molecular weight excluding hydrogens is 328 g/mol. The van der Waals surface area contributed by atoms with Crippen LogP contribution in [-0.4, -0.2) is 41.8 Å². The number of hydrogen-bond donors (Lipinski definition) is 1. The predicted octanol–water partition coefficient (Wildman–Crippen LogP) is 3.18. The quantitative estimate of drug-likeness (QED) is 0.886. The van der Waals surface area contributed by atoms with E-state index < -0.39 is 5.60 Å². The summed E-state index contributed by atoms with van der Waals surface area (Å²) >= 11 is 0. The molecule has 2 aliphatic heterocycles. The van der Waals surface area contributed by atoms with E-state index in [4.69, 9.17) is 9.73 Å². The number of aliphatic hydroxyl groups is 1. The van der Waals surface area contributed by atoms with Gasteiger partial charge in [0.2, 0.25) is 0 Å². The van der Waals surface area contributed by atoms with Crippen LogP contribution in [0.2, 0.25) is 0 Å². The third kappa shape index (κ3) is 3.16. The molecule has 0 aromatic heterocycles. The normalized spacial score (nSPS) is 22.8. The number of rotatable bonds is 2. The molecule has 1 fully saturated rings. The fourth-order valence-corrected chi connectivity index (χ4v) is 4.27. The van der Waals surface area contributed by atoms with Crippen LogP contribution in [0.25, 0.3) is 0 Å². The number of ether oxygens (including phenoxy) is 1. The average Bonchev–Trinajstić information content (AvgIpc) is 2.68. The highest BCUT2D eigenvalue weighted by atomic mass is 16.5. The summed E-state index contributed by atoms with van der Waals surface area (Å²) in [5.74, 6) is 1.94. The third-order valence-corrected chi connectivity index (χ3v) is 5.94. The van der Waals surface area contributed by atoms with Crippen LogP contribution >= 0.6 is 0 Å². The Bertz CT molecular complexity index is 756. The van der Waals surface area contributed by atoms with Crippen molar-refractivity contribution in [1.29, 1.82) is 0 Å². The molecular formula is C21H26N2O3. The number of benzene rings is 1. The summed E-state index contributed by atoms with van der Waals surface area (Å²) in [6.45, 7) is 1.44. The van der Waals surface area contributed by atoms with E-state index >= 15 is 0 Å². The standard InChI is InChI=1S/C21H26N2O3/c1-26-16-8-6-15(7-9-16)21(25)10-12-23(13-11-21)20-14-19(24)17-4-2-3-5-18(17)22-20/h6-9,25H,2-5,10-14H2,1H3. The number of carbonyl (C=O) groups is 1. The number of methoxy groups -OCH3 is 1. The molecule has 1 aliphatic carbocycles. The van der Waals surface area contributed by atoms with Gasteiger partial charge in [-0.1, -0.05) is 12.1 Å². The monoisotopic (exact) mass is 354 g/mol. The number of ketones is 1. The van der Waals surface area contributed by atoms with E-state index in [1.807, 2.05) is 24.3 Å². The van der Waals surface area contributed by atoms with Gasteiger partial charge in [-0.25, -0.2) is 4.99 Å². The first-order chi connectivity index (χ1) is 12.6. The van der Waals surface area contributed by atoms with E-state index in [0.29, 0.717) is 19.3 Å². The van der Waals surface area contributed by atoms with Crippen LogP contribution in [0.1, 0.15) is 50.5 Å². The molecule has 0 bridgehead atoms. The summed E-state index contributed by atoms with van der Waals surface area (Å²) in [5.41, 5.74) is 2.08. The van der Waals surface area contributed by atoms with Crippen molar-refractivity contribution in [1.82, 2.24) is 4.90 Å². The first kappa shape index (κ1) is 17.3. The Morgan fingerprint density at radius 1 is 1.12 bits per heavy atom. The predicted molar refractivity (Wildman–Crippen MR) is 100 cm³/mol. The molecule has 138 valence electrons. The largest absolute Gasteiger partial charge is 0.497 e. The fraction of sp³-hybridized carbons (Fsp3) is 0.524. The van der Waals surface area contributed by atoms with Gasteiger partial charge >= 0.3 is 0 Å². The highest BCUT2D eigenvalue weighted by molar-refractivity contribution is 6.11. The lowest BCUT2D eigenvalue weighted by Crippen LogP contribution is -2.46. The van der Waals surface area contributed by atoms with Crippen LogP contribution in [0.5, 0.6) is 5.75 Å². The number of piperidine rings is 1. The Balaban J connectivity index is 1.47. The first-order valence-electron chi connectivity index (χ1n) is 9.54. The van der Waals surface area contributed by atoms with Gasteiger partial charge in [0.1, 0.15) is 11.6 Å². The van der Waals surface area contributed by atoms with Gasteiger partial charge in [-0.3, -0.25) is 4.79 Å². The summed E-state index contributed by atoms with van der Waals surface area (Å²) in [6, 6.07) is 7.66. The number of amidine groups is 1. The Morgan fingerprint density at radius 2 is 1.81 bits per heavy atom. The van der Waals surface area contributed by atoms with Gasteiger partial charge in [-0.2, -0.15) is 0 Å². The van der Waals surface area contributed by atoms with Gasteiger partial charge in [0.15, 0.2) is 5.78 Å². The molecule has 0 atom stereocenters. The Morgan fingerprint density at radius 3 is 2.50 bits per heavy atom. The third-order valence-electron chi connectivity index (χ3n) is 5.94. The second-order valence-corrected chi connectivity index (χ2v) is 7.51. The zero-order valence-corrected chi connectivity index (χ0v) is 15.3. The fourth-order valence-electron chi connectivity index (χ4n) is 4.27. The lowest BCUT2D eigenvalue weighted by Gasteiger charge is -2.40. The maximum Gasteiger partial charge on any atom is 0.168 e. The van der Waals surface area contributed by atoms with Crippen molar-refractivity contribution in [3.8, 4) is 5.75 Å². The molecule has 1 aromatic rings. The van der Waals surface area contributed by atoms with E-state index in [-0.39, 0.29) is 5.78 Å². The van der Waals surface area contributed by atoms with Crippen LogP contribution in [0.4, 0.5) is 0 Å². The van der Waals surface area contributed by atoms with Gasteiger partial charge in [0, 0.05) is 24.4 Å². The molecule has 1 aromatic carbocycles. The molecule has 4 rings (SSSR count). The summed E-state index contributed by atoms with van der Waals surface area (Å²) in [4.78, 5) is 19.5. The summed E-state index contributed by atoms with van der Waals surface area (Å²) < 4.78 is 5.20. The molecule has 0 saturated carbocycles. The molecule has 1 saturated heterocycles. The summed E-state index contributed by atoms with van der Waals surface area (Å²) in [7, 11) is 1.64. The van der Waals surface area contributed by atoms with Crippen LogP contribution < -0.4 is 4.74 Å². The van der Waals surface area contributed by atoms with E-state index in [0.717, 1.165) is 67.2 Å². The number of nitrogens with zero attached hydrogens (tertiary/aromatic N) is 2. The minimum Gasteiger partial charge on any atom is -0.497 e. The zero-order valence-electron chi connectivity index (χ0n) is 15.3. The molecule has 1 N–H and O–H groups in total. The minimum atomic E-state index is -0.822. The Hall–Kier alpha value is -2.14. The SMILES string of the molecule is COc1ccc(C2(O)CCN(C3=NC4=C(CCCC4)C(=O)C3)CC2)cc1. The van der Waals surface area contributed by atoms with Crippen LogP contribution in [0.3, 0.4) is 0 Å². The second kappa shape index (κ2) is 6.88. The zero-order chi connectivity index (χ0) is 18.1. The second-order valence-electron chi connectivity index (χ2n) is 7.51. The molecule has 0 amide bonds. The topological polar surface area (TPSA) is 62.1 Å². The molecule has 26 heavy (non-hydrogen) atoms. The number of allylic oxidation sites excluding steroid dienone is 2. The van der Waals surface area contributed by atoms with Crippen molar-refractivity contribution in [2.45, 2.75) is 50.5 Å². The van der Waals surface area contributed by atoms with E-state index in [1.165, 1.54) is 0 Å².